The summed E-state index contributed by atoms with van der Waals surface area (Å²) in [5, 5.41) is 7.07. The van der Waals surface area contributed by atoms with Crippen LogP contribution in [0, 0.1) is 5.82 Å². The molecule has 0 bridgehead atoms. The number of hydrogen-bond donors (Lipinski definition) is 1. The lowest BCUT2D eigenvalue weighted by Crippen LogP contribution is -2.40. The summed E-state index contributed by atoms with van der Waals surface area (Å²) in [5.74, 6) is 0.352. The first-order valence-electron chi connectivity index (χ1n) is 8.78. The highest BCUT2D eigenvalue weighted by Gasteiger charge is 2.32. The third-order valence-corrected chi connectivity index (χ3v) is 4.45. The number of amides is 2. The third-order valence-electron chi connectivity index (χ3n) is 4.45. The van der Waals surface area contributed by atoms with Gasteiger partial charge in [0.15, 0.2) is 5.82 Å². The monoisotopic (exact) mass is 366 g/mol. The van der Waals surface area contributed by atoms with E-state index < -0.39 is 0 Å². The van der Waals surface area contributed by atoms with Crippen molar-refractivity contribution in [1.29, 1.82) is 0 Å². The molecule has 0 spiro atoms. The van der Waals surface area contributed by atoms with Crippen molar-refractivity contribution in [3.05, 3.63) is 72.2 Å². The van der Waals surface area contributed by atoms with Crippen LogP contribution in [-0.4, -0.2) is 36.7 Å². The van der Waals surface area contributed by atoms with Gasteiger partial charge in [0, 0.05) is 30.9 Å². The first-order valence-corrected chi connectivity index (χ1v) is 8.78. The van der Waals surface area contributed by atoms with Crippen molar-refractivity contribution in [2.75, 3.05) is 0 Å². The number of carbonyl (C=O) groups excluding carboxylic acids is 1. The highest BCUT2D eigenvalue weighted by atomic mass is 19.1. The summed E-state index contributed by atoms with van der Waals surface area (Å²) in [6.45, 7) is 0.786. The van der Waals surface area contributed by atoms with Gasteiger partial charge in [0.05, 0.1) is 0 Å². The van der Waals surface area contributed by atoms with Gasteiger partial charge in [0.25, 0.3) is 0 Å². The van der Waals surface area contributed by atoms with E-state index in [1.54, 1.807) is 34.2 Å². The maximum absolute atomic E-state index is 13.1. The smallest absolute Gasteiger partial charge is 0.318 e. The van der Waals surface area contributed by atoms with Crippen LogP contribution in [0.3, 0.4) is 0 Å². The Balaban J connectivity index is 1.44. The van der Waals surface area contributed by atoms with Crippen molar-refractivity contribution in [3.63, 3.8) is 0 Å². The minimum atomic E-state index is -0.279. The molecular formula is C19H19FN6O. The Morgan fingerprint density at radius 2 is 2.07 bits per heavy atom. The minimum absolute atomic E-state index is 0.143. The lowest BCUT2D eigenvalue weighted by molar-refractivity contribution is 0.191. The number of carbonyl (C=O) groups is 1. The van der Waals surface area contributed by atoms with Crippen LogP contribution in [0.2, 0.25) is 0 Å². The zero-order valence-corrected chi connectivity index (χ0v) is 14.6. The van der Waals surface area contributed by atoms with E-state index in [0.717, 1.165) is 24.0 Å². The Kier molecular flexibility index (Phi) is 4.78. The van der Waals surface area contributed by atoms with E-state index in [1.165, 1.54) is 18.5 Å². The van der Waals surface area contributed by atoms with E-state index in [-0.39, 0.29) is 17.9 Å². The Morgan fingerprint density at radius 1 is 1.26 bits per heavy atom. The molecule has 1 saturated carbocycles. The summed E-state index contributed by atoms with van der Waals surface area (Å²) in [6, 6.07) is 10.1. The maximum Gasteiger partial charge on any atom is 0.318 e. The van der Waals surface area contributed by atoms with Gasteiger partial charge in [0.1, 0.15) is 18.5 Å². The molecule has 27 heavy (non-hydrogen) atoms. The van der Waals surface area contributed by atoms with Crippen LogP contribution in [0.1, 0.15) is 24.0 Å². The highest BCUT2D eigenvalue weighted by molar-refractivity contribution is 5.75. The molecule has 1 fully saturated rings. The highest BCUT2D eigenvalue weighted by Crippen LogP contribution is 2.28. The van der Waals surface area contributed by atoms with Crippen LogP contribution in [-0.2, 0) is 13.1 Å². The first kappa shape index (κ1) is 17.1. The zero-order valence-electron chi connectivity index (χ0n) is 14.6. The number of nitrogens with zero attached hydrogens (tertiary/aromatic N) is 5. The van der Waals surface area contributed by atoms with E-state index >= 15 is 0 Å². The molecule has 7 nitrogen and oxygen atoms in total. The molecule has 4 rings (SSSR count). The summed E-state index contributed by atoms with van der Waals surface area (Å²) < 4.78 is 14.7. The lowest BCUT2D eigenvalue weighted by atomic mass is 10.2. The summed E-state index contributed by atoms with van der Waals surface area (Å²) >= 11 is 0. The lowest BCUT2D eigenvalue weighted by Gasteiger charge is -2.23. The van der Waals surface area contributed by atoms with Gasteiger partial charge >= 0.3 is 6.03 Å². The zero-order chi connectivity index (χ0) is 18.6. The number of rotatable bonds is 6. The van der Waals surface area contributed by atoms with Crippen LogP contribution >= 0.6 is 0 Å². The average Bonchev–Trinajstić information content (AvgIpc) is 3.39. The molecule has 0 saturated heterocycles. The SMILES string of the molecule is O=C(NCc1cccnc1-n1cncn1)N(Cc1ccc(F)cc1)C1CC1. The fourth-order valence-electron chi connectivity index (χ4n) is 2.90. The fourth-order valence-corrected chi connectivity index (χ4v) is 2.90. The molecule has 8 heteroatoms. The molecule has 1 aliphatic rings. The number of nitrogens with one attached hydrogen (secondary N) is 1. The molecule has 3 aromatic rings. The number of halogens is 1. The average molecular weight is 366 g/mol. The Morgan fingerprint density at radius 3 is 2.78 bits per heavy atom. The summed E-state index contributed by atoms with van der Waals surface area (Å²) in [5.41, 5.74) is 1.75. The fraction of sp³-hybridized carbons (Fsp3) is 0.263. The summed E-state index contributed by atoms with van der Waals surface area (Å²) in [4.78, 5) is 22.8. The predicted octanol–water partition coefficient (Wildman–Crippen LogP) is 2.68. The van der Waals surface area contributed by atoms with Gasteiger partial charge in [0.2, 0.25) is 0 Å². The Bertz CT molecular complexity index is 908. The van der Waals surface area contributed by atoms with E-state index in [0.29, 0.717) is 18.9 Å². The third kappa shape index (κ3) is 4.11. The number of hydrogen-bond acceptors (Lipinski definition) is 4. The van der Waals surface area contributed by atoms with Crippen LogP contribution in [0.15, 0.2) is 55.2 Å². The quantitative estimate of drug-likeness (QED) is 0.728. The predicted molar refractivity (Wildman–Crippen MR) is 96.4 cm³/mol. The molecule has 0 aliphatic heterocycles. The van der Waals surface area contributed by atoms with Gasteiger partial charge in [-0.25, -0.2) is 23.8 Å². The first-order chi connectivity index (χ1) is 13.2. The van der Waals surface area contributed by atoms with Gasteiger partial charge in [-0.3, -0.25) is 0 Å². The standard InChI is InChI=1S/C19H19FN6O/c20-16-5-3-14(4-6-16)11-25(17-7-8-17)19(27)23-10-15-2-1-9-22-18(15)26-13-21-12-24-26/h1-6,9,12-13,17H,7-8,10-11H2,(H,23,27). The topological polar surface area (TPSA) is 75.9 Å². The number of urea groups is 1. The second-order valence-electron chi connectivity index (χ2n) is 6.47. The van der Waals surface area contributed by atoms with E-state index in [9.17, 15) is 9.18 Å². The van der Waals surface area contributed by atoms with E-state index in [2.05, 4.69) is 20.4 Å². The molecule has 2 heterocycles. The van der Waals surface area contributed by atoms with Crippen LogP contribution in [0.25, 0.3) is 5.82 Å². The molecule has 1 aliphatic carbocycles. The largest absolute Gasteiger partial charge is 0.334 e. The van der Waals surface area contributed by atoms with Crippen molar-refractivity contribution in [2.24, 2.45) is 0 Å². The number of aromatic nitrogens is 4. The minimum Gasteiger partial charge on any atom is -0.334 e. The normalized spacial score (nSPS) is 13.4. The molecular weight excluding hydrogens is 347 g/mol. The molecule has 2 aromatic heterocycles. The molecule has 0 atom stereocenters. The van der Waals surface area contributed by atoms with Crippen molar-refractivity contribution in [1.82, 2.24) is 30.0 Å². The van der Waals surface area contributed by atoms with Gasteiger partial charge in [-0.2, -0.15) is 5.10 Å². The maximum atomic E-state index is 13.1. The number of benzene rings is 1. The van der Waals surface area contributed by atoms with Crippen LogP contribution in [0.5, 0.6) is 0 Å². The Labute approximate surface area is 155 Å². The van der Waals surface area contributed by atoms with Crippen LogP contribution in [0.4, 0.5) is 9.18 Å². The van der Waals surface area contributed by atoms with Gasteiger partial charge in [-0.15, -0.1) is 0 Å². The molecule has 138 valence electrons. The van der Waals surface area contributed by atoms with Gasteiger partial charge < -0.3 is 10.2 Å². The van der Waals surface area contributed by atoms with Gasteiger partial charge in [-0.1, -0.05) is 18.2 Å². The van der Waals surface area contributed by atoms with Gasteiger partial charge in [-0.05, 0) is 36.6 Å². The molecule has 0 unspecified atom stereocenters. The second kappa shape index (κ2) is 7.53. The summed E-state index contributed by atoms with van der Waals surface area (Å²) in [6.07, 6.45) is 6.66. The van der Waals surface area contributed by atoms with Crippen molar-refractivity contribution in [3.8, 4) is 5.82 Å². The number of pyridine rings is 1. The summed E-state index contributed by atoms with van der Waals surface area (Å²) in [7, 11) is 0. The van der Waals surface area contributed by atoms with Crippen molar-refractivity contribution >= 4 is 6.03 Å². The Hall–Kier alpha value is -3.29. The van der Waals surface area contributed by atoms with Crippen molar-refractivity contribution in [2.45, 2.75) is 32.0 Å². The van der Waals surface area contributed by atoms with E-state index in [1.807, 2.05) is 12.1 Å². The van der Waals surface area contributed by atoms with E-state index in [4.69, 9.17) is 0 Å². The van der Waals surface area contributed by atoms with Crippen molar-refractivity contribution < 1.29 is 9.18 Å². The molecule has 1 aromatic carbocycles. The molecule has 0 radical (unpaired) electrons. The second-order valence-corrected chi connectivity index (χ2v) is 6.47. The van der Waals surface area contributed by atoms with Crippen LogP contribution < -0.4 is 5.32 Å². The molecule has 2 amide bonds. The molecule has 1 N–H and O–H groups in total.